The Labute approximate surface area is 182 Å². The van der Waals surface area contributed by atoms with Crippen LogP contribution in [0.4, 0.5) is 14.6 Å². The van der Waals surface area contributed by atoms with E-state index in [4.69, 9.17) is 23.2 Å². The molecule has 0 atom stereocenters. The molecule has 0 aliphatic carbocycles. The Morgan fingerprint density at radius 2 is 1.83 bits per heavy atom. The lowest BCUT2D eigenvalue weighted by Gasteiger charge is -2.23. The average Bonchev–Trinajstić information content (AvgIpc) is 2.99. The van der Waals surface area contributed by atoms with Crippen molar-refractivity contribution in [2.24, 2.45) is 0 Å². The molecule has 4 rings (SSSR count). The maximum atomic E-state index is 13.6. The molecule has 0 saturated carbocycles. The van der Waals surface area contributed by atoms with Crippen LogP contribution in [0.15, 0.2) is 48.5 Å². The number of rotatable bonds is 4. The smallest absolute Gasteiger partial charge is 0.276 e. The molecule has 9 heteroatoms. The van der Waals surface area contributed by atoms with Crippen LogP contribution in [-0.4, -0.2) is 45.9 Å². The summed E-state index contributed by atoms with van der Waals surface area (Å²) in [6.07, 6.45) is 0. The minimum atomic E-state index is -3.01. The molecule has 156 valence electrons. The standard InChI is InChI=1S/C21H18Cl2F2N4O/c1-21(24,25)12-28-11-10-26-19-17(20(28)30)27-18(15-4-2-3-5-16(15)23)29(19)14-8-6-13(22)7-9-14/h2-9,26H,10-12H2,1H3. The highest BCUT2D eigenvalue weighted by Crippen LogP contribution is 2.35. The number of alkyl halides is 2. The van der Waals surface area contributed by atoms with E-state index >= 15 is 0 Å². The SMILES string of the molecule is CC(F)(F)CN1CCNc2c(nc(-c3ccccc3Cl)n2-c2ccc(Cl)cc2)C1=O. The van der Waals surface area contributed by atoms with Gasteiger partial charge in [-0.05, 0) is 36.4 Å². The fraction of sp³-hybridized carbons (Fsp3) is 0.238. The molecular formula is C21H18Cl2F2N4O. The summed E-state index contributed by atoms with van der Waals surface area (Å²) in [6.45, 7) is 0.555. The fourth-order valence-electron chi connectivity index (χ4n) is 3.44. The van der Waals surface area contributed by atoms with Gasteiger partial charge in [-0.15, -0.1) is 0 Å². The van der Waals surface area contributed by atoms with Gasteiger partial charge in [0.2, 0.25) is 0 Å². The third kappa shape index (κ3) is 4.00. The van der Waals surface area contributed by atoms with Crippen LogP contribution in [-0.2, 0) is 0 Å². The molecule has 1 amide bonds. The minimum Gasteiger partial charge on any atom is -0.367 e. The van der Waals surface area contributed by atoms with E-state index in [2.05, 4.69) is 10.3 Å². The zero-order valence-electron chi connectivity index (χ0n) is 16.0. The highest BCUT2D eigenvalue weighted by molar-refractivity contribution is 6.33. The molecule has 0 fully saturated rings. The van der Waals surface area contributed by atoms with Crippen LogP contribution < -0.4 is 5.32 Å². The van der Waals surface area contributed by atoms with Gasteiger partial charge in [0.15, 0.2) is 5.69 Å². The van der Waals surface area contributed by atoms with E-state index < -0.39 is 18.4 Å². The minimum absolute atomic E-state index is 0.0709. The van der Waals surface area contributed by atoms with Gasteiger partial charge in [-0.25, -0.2) is 13.8 Å². The molecule has 2 aromatic carbocycles. The number of halogens is 4. The number of nitrogens with one attached hydrogen (secondary N) is 1. The summed E-state index contributed by atoms with van der Waals surface area (Å²) in [4.78, 5) is 18.8. The first kappa shape index (κ1) is 20.6. The molecule has 3 aromatic rings. The van der Waals surface area contributed by atoms with Crippen molar-refractivity contribution in [1.29, 1.82) is 0 Å². The zero-order valence-corrected chi connectivity index (χ0v) is 17.5. The lowest BCUT2D eigenvalue weighted by Crippen LogP contribution is -2.40. The second kappa shape index (κ2) is 7.89. The number of anilines is 1. The van der Waals surface area contributed by atoms with Crippen LogP contribution in [0.25, 0.3) is 17.1 Å². The van der Waals surface area contributed by atoms with Gasteiger partial charge in [-0.1, -0.05) is 35.3 Å². The van der Waals surface area contributed by atoms with Crippen molar-refractivity contribution in [3.05, 3.63) is 64.3 Å². The van der Waals surface area contributed by atoms with Gasteiger partial charge in [-0.3, -0.25) is 9.36 Å². The van der Waals surface area contributed by atoms with Crippen molar-refractivity contribution in [1.82, 2.24) is 14.5 Å². The monoisotopic (exact) mass is 450 g/mol. The van der Waals surface area contributed by atoms with Gasteiger partial charge in [0.05, 0.1) is 11.6 Å². The van der Waals surface area contributed by atoms with Gasteiger partial charge in [0, 0.05) is 36.3 Å². The Hall–Kier alpha value is -2.64. The highest BCUT2D eigenvalue weighted by atomic mass is 35.5. The lowest BCUT2D eigenvalue weighted by atomic mass is 10.2. The van der Waals surface area contributed by atoms with E-state index in [0.29, 0.717) is 39.5 Å². The van der Waals surface area contributed by atoms with Gasteiger partial charge < -0.3 is 10.2 Å². The van der Waals surface area contributed by atoms with E-state index in [1.807, 2.05) is 6.07 Å². The molecule has 2 heterocycles. The van der Waals surface area contributed by atoms with Crippen LogP contribution in [0.5, 0.6) is 0 Å². The molecule has 0 saturated heterocycles. The predicted molar refractivity (Wildman–Crippen MR) is 114 cm³/mol. The molecule has 0 bridgehead atoms. The first-order valence-electron chi connectivity index (χ1n) is 9.29. The number of benzene rings is 2. The molecule has 1 aliphatic rings. The number of fused-ring (bicyclic) bond motifs is 1. The maximum absolute atomic E-state index is 13.6. The number of imidazole rings is 1. The first-order chi connectivity index (χ1) is 14.2. The van der Waals surface area contributed by atoms with E-state index in [-0.39, 0.29) is 12.2 Å². The normalized spacial score (nSPS) is 14.3. The van der Waals surface area contributed by atoms with E-state index in [0.717, 1.165) is 11.8 Å². The molecule has 1 aromatic heterocycles. The van der Waals surface area contributed by atoms with Gasteiger partial charge in [0.1, 0.15) is 11.6 Å². The summed E-state index contributed by atoms with van der Waals surface area (Å²) >= 11 is 12.4. The van der Waals surface area contributed by atoms with Crippen LogP contribution >= 0.6 is 23.2 Å². The molecule has 1 N–H and O–H groups in total. The van der Waals surface area contributed by atoms with E-state index in [9.17, 15) is 13.6 Å². The van der Waals surface area contributed by atoms with Crippen LogP contribution in [0.3, 0.4) is 0 Å². The number of carbonyl (C=O) groups excluding carboxylic acids is 1. The summed E-state index contributed by atoms with van der Waals surface area (Å²) in [7, 11) is 0. The number of aromatic nitrogens is 2. The highest BCUT2D eigenvalue weighted by Gasteiger charge is 2.34. The topological polar surface area (TPSA) is 50.2 Å². The summed E-state index contributed by atoms with van der Waals surface area (Å²) in [5.41, 5.74) is 1.39. The van der Waals surface area contributed by atoms with Crippen molar-refractivity contribution in [3.63, 3.8) is 0 Å². The van der Waals surface area contributed by atoms with Crippen molar-refractivity contribution < 1.29 is 13.6 Å². The van der Waals surface area contributed by atoms with E-state index in [1.54, 1.807) is 47.0 Å². The summed E-state index contributed by atoms with van der Waals surface area (Å²) in [5.74, 6) is -2.71. The molecule has 0 unspecified atom stereocenters. The van der Waals surface area contributed by atoms with Crippen molar-refractivity contribution in [2.75, 3.05) is 25.0 Å². The van der Waals surface area contributed by atoms with E-state index in [1.165, 1.54) is 0 Å². The summed E-state index contributed by atoms with van der Waals surface area (Å²) < 4.78 is 29.0. The number of hydrogen-bond donors (Lipinski definition) is 1. The number of amides is 1. The van der Waals surface area contributed by atoms with Crippen molar-refractivity contribution >= 4 is 34.9 Å². The van der Waals surface area contributed by atoms with Gasteiger partial charge in [-0.2, -0.15) is 0 Å². The molecule has 0 radical (unpaired) electrons. The van der Waals surface area contributed by atoms with Gasteiger partial charge >= 0.3 is 0 Å². The third-order valence-corrected chi connectivity index (χ3v) is 5.29. The molecular weight excluding hydrogens is 433 g/mol. The number of nitrogens with zero attached hydrogens (tertiary/aromatic N) is 3. The fourth-order valence-corrected chi connectivity index (χ4v) is 3.79. The molecule has 1 aliphatic heterocycles. The van der Waals surface area contributed by atoms with Crippen molar-refractivity contribution in [2.45, 2.75) is 12.8 Å². The number of carbonyl (C=O) groups is 1. The predicted octanol–water partition coefficient (Wildman–Crippen LogP) is 5.37. The Kier molecular flexibility index (Phi) is 5.42. The van der Waals surface area contributed by atoms with Gasteiger partial charge in [0.25, 0.3) is 11.8 Å². The second-order valence-electron chi connectivity index (χ2n) is 7.15. The Morgan fingerprint density at radius 3 is 2.50 bits per heavy atom. The Bertz CT molecular complexity index is 1090. The zero-order chi connectivity index (χ0) is 21.5. The Balaban J connectivity index is 1.91. The quantitative estimate of drug-likeness (QED) is 0.581. The molecule has 0 spiro atoms. The second-order valence-corrected chi connectivity index (χ2v) is 7.99. The average molecular weight is 451 g/mol. The summed E-state index contributed by atoms with van der Waals surface area (Å²) in [5, 5.41) is 4.20. The third-order valence-electron chi connectivity index (χ3n) is 4.71. The number of hydrogen-bond acceptors (Lipinski definition) is 3. The summed E-state index contributed by atoms with van der Waals surface area (Å²) in [6, 6.07) is 14.2. The van der Waals surface area contributed by atoms with Crippen molar-refractivity contribution in [3.8, 4) is 17.1 Å². The lowest BCUT2D eigenvalue weighted by molar-refractivity contribution is -0.01000. The van der Waals surface area contributed by atoms with Crippen LogP contribution in [0.2, 0.25) is 10.0 Å². The van der Waals surface area contributed by atoms with Crippen LogP contribution in [0, 0.1) is 0 Å². The van der Waals surface area contributed by atoms with Crippen LogP contribution in [0.1, 0.15) is 17.4 Å². The molecule has 5 nitrogen and oxygen atoms in total. The molecule has 30 heavy (non-hydrogen) atoms. The first-order valence-corrected chi connectivity index (χ1v) is 10.0. The largest absolute Gasteiger partial charge is 0.367 e. The Morgan fingerprint density at radius 1 is 1.13 bits per heavy atom. The maximum Gasteiger partial charge on any atom is 0.276 e.